The van der Waals surface area contributed by atoms with Gasteiger partial charge in [0.25, 0.3) is 0 Å². The number of likely N-dealkylation sites (N-methyl/N-ethyl adjacent to an activating group) is 1. The van der Waals surface area contributed by atoms with Gasteiger partial charge in [-0.15, -0.1) is 0 Å². The zero-order valence-corrected chi connectivity index (χ0v) is 12.5. The Morgan fingerprint density at radius 2 is 2.28 bits per heavy atom. The molecule has 2 unspecified atom stereocenters. The highest BCUT2D eigenvalue weighted by Gasteiger charge is 2.34. The van der Waals surface area contributed by atoms with E-state index in [1.165, 1.54) is 12.8 Å². The van der Waals surface area contributed by atoms with Crippen LogP contribution in [-0.4, -0.2) is 64.6 Å². The highest BCUT2D eigenvalue weighted by Crippen LogP contribution is 2.29. The minimum Gasteiger partial charge on any atom is -0.383 e. The predicted molar refractivity (Wildman–Crippen MR) is 75.0 cm³/mol. The maximum Gasteiger partial charge on any atom is 0.0615 e. The topological polar surface area (TPSA) is 33.7 Å². The van der Waals surface area contributed by atoms with Crippen molar-refractivity contribution in [2.24, 2.45) is 5.41 Å². The van der Waals surface area contributed by atoms with Gasteiger partial charge in [0.2, 0.25) is 0 Å². The van der Waals surface area contributed by atoms with Crippen LogP contribution in [0.3, 0.4) is 0 Å². The lowest BCUT2D eigenvalue weighted by atomic mass is 9.81. The summed E-state index contributed by atoms with van der Waals surface area (Å²) in [7, 11) is 3.81. The van der Waals surface area contributed by atoms with Gasteiger partial charge in [0.05, 0.1) is 13.2 Å². The molecule has 4 heteroatoms. The van der Waals surface area contributed by atoms with Crippen molar-refractivity contribution >= 4 is 0 Å². The van der Waals surface area contributed by atoms with E-state index in [0.29, 0.717) is 6.04 Å². The second-order valence-corrected chi connectivity index (χ2v) is 5.55. The molecule has 1 rings (SSSR count). The van der Waals surface area contributed by atoms with Crippen LogP contribution in [0.2, 0.25) is 0 Å². The molecule has 1 saturated heterocycles. The lowest BCUT2D eigenvalue weighted by Crippen LogP contribution is -2.51. The van der Waals surface area contributed by atoms with Gasteiger partial charge in [0, 0.05) is 38.3 Å². The Balaban J connectivity index is 2.61. The van der Waals surface area contributed by atoms with E-state index >= 15 is 0 Å². The number of methoxy groups -OCH3 is 1. The summed E-state index contributed by atoms with van der Waals surface area (Å²) in [4.78, 5) is 2.51. The third kappa shape index (κ3) is 4.50. The summed E-state index contributed by atoms with van der Waals surface area (Å²) in [5.41, 5.74) is 0.269. The molecular weight excluding hydrogens is 228 g/mol. The molecule has 1 fully saturated rings. The first-order valence-corrected chi connectivity index (χ1v) is 7.13. The number of rotatable bonds is 8. The van der Waals surface area contributed by atoms with Crippen LogP contribution in [0.4, 0.5) is 0 Å². The van der Waals surface area contributed by atoms with Gasteiger partial charge in [-0.3, -0.25) is 4.90 Å². The van der Waals surface area contributed by atoms with Crippen molar-refractivity contribution in [3.05, 3.63) is 0 Å². The Morgan fingerprint density at radius 3 is 2.78 bits per heavy atom. The van der Waals surface area contributed by atoms with E-state index in [1.54, 1.807) is 7.11 Å². The maximum atomic E-state index is 5.73. The number of nitrogens with one attached hydrogen (secondary N) is 1. The van der Waals surface area contributed by atoms with E-state index in [0.717, 1.165) is 39.5 Å². The molecule has 2 atom stereocenters. The van der Waals surface area contributed by atoms with E-state index < -0.39 is 0 Å². The molecule has 4 nitrogen and oxygen atoms in total. The van der Waals surface area contributed by atoms with Crippen molar-refractivity contribution < 1.29 is 9.47 Å². The molecule has 108 valence electrons. The summed E-state index contributed by atoms with van der Waals surface area (Å²) in [5, 5.41) is 3.34. The van der Waals surface area contributed by atoms with Gasteiger partial charge in [-0.1, -0.05) is 6.92 Å². The Hall–Kier alpha value is -0.160. The molecule has 0 saturated carbocycles. The first kappa shape index (κ1) is 15.9. The molecule has 0 aromatic heterocycles. The van der Waals surface area contributed by atoms with Gasteiger partial charge < -0.3 is 14.8 Å². The zero-order chi connectivity index (χ0) is 13.4. The minimum atomic E-state index is 0.269. The molecule has 0 spiro atoms. The van der Waals surface area contributed by atoms with Crippen LogP contribution < -0.4 is 5.32 Å². The molecule has 0 aromatic rings. The molecule has 18 heavy (non-hydrogen) atoms. The van der Waals surface area contributed by atoms with Crippen molar-refractivity contribution in [1.29, 1.82) is 0 Å². The third-order valence-electron chi connectivity index (χ3n) is 3.93. The van der Waals surface area contributed by atoms with Crippen molar-refractivity contribution in [3.63, 3.8) is 0 Å². The van der Waals surface area contributed by atoms with Crippen LogP contribution in [0, 0.1) is 5.41 Å². The van der Waals surface area contributed by atoms with Crippen LogP contribution in [0.1, 0.15) is 26.7 Å². The molecular formula is C14H30N2O2. The molecule has 0 aliphatic carbocycles. The van der Waals surface area contributed by atoms with Crippen LogP contribution in [0.25, 0.3) is 0 Å². The van der Waals surface area contributed by atoms with E-state index in [2.05, 4.69) is 24.1 Å². The lowest BCUT2D eigenvalue weighted by molar-refractivity contribution is -0.0353. The molecule has 0 aromatic carbocycles. The predicted octanol–water partition coefficient (Wildman–Crippen LogP) is 1.36. The second kappa shape index (κ2) is 8.10. The number of hydrogen-bond acceptors (Lipinski definition) is 4. The summed E-state index contributed by atoms with van der Waals surface area (Å²) in [6.07, 6.45) is 2.43. The third-order valence-corrected chi connectivity index (χ3v) is 3.93. The lowest BCUT2D eigenvalue weighted by Gasteiger charge is -2.42. The fraction of sp³-hybridized carbons (Fsp3) is 1.00. The standard InChI is InChI=1S/C14H30N2O2/c1-5-16(13(2)9-17-4)11-14(10-15-3)7-6-8-18-12-14/h13,15H,5-12H2,1-4H3. The molecule has 1 aliphatic rings. The van der Waals surface area contributed by atoms with Gasteiger partial charge >= 0.3 is 0 Å². The number of nitrogens with zero attached hydrogens (tertiary/aromatic N) is 1. The van der Waals surface area contributed by atoms with Crippen LogP contribution in [0.15, 0.2) is 0 Å². The van der Waals surface area contributed by atoms with Crippen LogP contribution in [0.5, 0.6) is 0 Å². The van der Waals surface area contributed by atoms with E-state index in [-0.39, 0.29) is 5.41 Å². The van der Waals surface area contributed by atoms with Crippen molar-refractivity contribution in [3.8, 4) is 0 Å². The van der Waals surface area contributed by atoms with Gasteiger partial charge in [-0.2, -0.15) is 0 Å². The number of hydrogen-bond donors (Lipinski definition) is 1. The van der Waals surface area contributed by atoms with Gasteiger partial charge in [0.1, 0.15) is 0 Å². The van der Waals surface area contributed by atoms with Gasteiger partial charge in [-0.25, -0.2) is 0 Å². The van der Waals surface area contributed by atoms with E-state index in [4.69, 9.17) is 9.47 Å². The Morgan fingerprint density at radius 1 is 1.50 bits per heavy atom. The quantitative estimate of drug-likeness (QED) is 0.713. The largest absolute Gasteiger partial charge is 0.383 e. The molecule has 1 N–H and O–H groups in total. The van der Waals surface area contributed by atoms with Crippen LogP contribution in [-0.2, 0) is 9.47 Å². The Labute approximate surface area is 112 Å². The summed E-state index contributed by atoms with van der Waals surface area (Å²) in [6.45, 7) is 10.3. The first-order chi connectivity index (χ1) is 8.67. The van der Waals surface area contributed by atoms with Crippen LogP contribution >= 0.6 is 0 Å². The minimum absolute atomic E-state index is 0.269. The van der Waals surface area contributed by atoms with Gasteiger partial charge in [0.15, 0.2) is 0 Å². The normalized spacial score (nSPS) is 26.5. The highest BCUT2D eigenvalue weighted by molar-refractivity contribution is 4.88. The maximum absolute atomic E-state index is 5.73. The van der Waals surface area contributed by atoms with E-state index in [1.807, 2.05) is 7.05 Å². The average Bonchev–Trinajstić information content (AvgIpc) is 2.38. The summed E-state index contributed by atoms with van der Waals surface area (Å²) in [5.74, 6) is 0. The Kier molecular flexibility index (Phi) is 7.15. The fourth-order valence-corrected chi connectivity index (χ4v) is 2.96. The molecule has 0 radical (unpaired) electrons. The monoisotopic (exact) mass is 258 g/mol. The van der Waals surface area contributed by atoms with Gasteiger partial charge in [-0.05, 0) is 33.4 Å². The highest BCUT2D eigenvalue weighted by atomic mass is 16.5. The zero-order valence-electron chi connectivity index (χ0n) is 12.5. The average molecular weight is 258 g/mol. The second-order valence-electron chi connectivity index (χ2n) is 5.55. The summed E-state index contributed by atoms with van der Waals surface area (Å²) in [6, 6.07) is 0.468. The van der Waals surface area contributed by atoms with E-state index in [9.17, 15) is 0 Å². The summed E-state index contributed by atoms with van der Waals surface area (Å²) < 4.78 is 11.0. The fourth-order valence-electron chi connectivity index (χ4n) is 2.96. The molecule has 0 amide bonds. The van der Waals surface area contributed by atoms with Crippen molar-refractivity contribution in [2.45, 2.75) is 32.7 Å². The molecule has 0 bridgehead atoms. The molecule has 1 heterocycles. The molecule has 1 aliphatic heterocycles. The Bertz CT molecular complexity index is 212. The smallest absolute Gasteiger partial charge is 0.0615 e. The van der Waals surface area contributed by atoms with Crippen molar-refractivity contribution in [1.82, 2.24) is 10.2 Å². The first-order valence-electron chi connectivity index (χ1n) is 7.13. The van der Waals surface area contributed by atoms with Crippen molar-refractivity contribution in [2.75, 3.05) is 53.6 Å². The summed E-state index contributed by atoms with van der Waals surface area (Å²) >= 11 is 0. The SMILES string of the molecule is CCN(CC1(CNC)CCCOC1)C(C)COC. The number of ether oxygens (including phenoxy) is 2.